The average Bonchev–Trinajstić information content (AvgIpc) is 3.72. The number of aliphatic hydroxyl groups is 1. The van der Waals surface area contributed by atoms with Gasteiger partial charge in [-0.15, -0.1) is 0 Å². The van der Waals surface area contributed by atoms with Crippen LogP contribution in [0.5, 0.6) is 5.75 Å². The molecule has 3 aromatic rings. The summed E-state index contributed by atoms with van der Waals surface area (Å²) in [4.78, 5) is 13.8. The number of rotatable bonds is 20. The lowest BCUT2D eigenvalue weighted by atomic mass is 9.83. The highest BCUT2D eigenvalue weighted by Gasteiger charge is 2.69. The molecule has 314 valence electrons. The summed E-state index contributed by atoms with van der Waals surface area (Å²) in [7, 11) is -4.59. The van der Waals surface area contributed by atoms with Gasteiger partial charge < -0.3 is 32.6 Å². The molecule has 1 saturated heterocycles. The van der Waals surface area contributed by atoms with E-state index in [1.807, 2.05) is 38.3 Å². The summed E-state index contributed by atoms with van der Waals surface area (Å²) in [5.74, 6) is 0.488. The Morgan fingerprint density at radius 3 is 2.12 bits per heavy atom. The second-order valence-corrected chi connectivity index (χ2v) is 29.0. The summed E-state index contributed by atoms with van der Waals surface area (Å²) in [6.45, 7) is 33.7. The van der Waals surface area contributed by atoms with Gasteiger partial charge in [0.25, 0.3) is 0 Å². The number of esters is 1. The van der Waals surface area contributed by atoms with E-state index < -0.39 is 40.4 Å². The van der Waals surface area contributed by atoms with Crippen LogP contribution >= 0.6 is 0 Å². The van der Waals surface area contributed by atoms with Crippen molar-refractivity contribution >= 4 is 33.6 Å². The fourth-order valence-corrected chi connectivity index (χ4v) is 9.48. The van der Waals surface area contributed by atoms with Crippen LogP contribution < -0.4 is 4.74 Å². The Bertz CT molecular complexity index is 1740. The van der Waals surface area contributed by atoms with Crippen molar-refractivity contribution in [2.45, 2.75) is 188 Å². The third-order valence-corrected chi connectivity index (χ3v) is 21.6. The minimum Gasteiger partial charge on any atom is -0.488 e. The predicted molar refractivity (Wildman–Crippen MR) is 232 cm³/mol. The van der Waals surface area contributed by atoms with Gasteiger partial charge in [-0.25, -0.2) is 4.79 Å². The van der Waals surface area contributed by atoms with E-state index in [1.54, 1.807) is 0 Å². The van der Waals surface area contributed by atoms with Crippen molar-refractivity contribution in [1.82, 2.24) is 0 Å². The molecule has 0 bridgehead atoms. The van der Waals surface area contributed by atoms with E-state index in [9.17, 15) is 9.90 Å². The zero-order chi connectivity index (χ0) is 41.9. The van der Waals surface area contributed by atoms with Crippen LogP contribution in [0.4, 0.5) is 0 Å². The van der Waals surface area contributed by atoms with E-state index in [2.05, 4.69) is 107 Å². The summed E-state index contributed by atoms with van der Waals surface area (Å²) >= 11 is 0. The van der Waals surface area contributed by atoms with Crippen LogP contribution in [0.25, 0.3) is 11.0 Å². The molecule has 2 heterocycles. The number of furan rings is 1. The highest BCUT2D eigenvalue weighted by molar-refractivity contribution is 6.74. The van der Waals surface area contributed by atoms with Crippen molar-refractivity contribution in [3.63, 3.8) is 0 Å². The Morgan fingerprint density at radius 1 is 0.946 bits per heavy atom. The molecule has 1 aromatic heterocycles. The molecule has 0 radical (unpaired) electrons. The number of benzene rings is 2. The second-order valence-electron chi connectivity index (χ2n) is 19.4. The van der Waals surface area contributed by atoms with E-state index in [4.69, 9.17) is 27.5 Å². The molecule has 4 rings (SSSR count). The largest absolute Gasteiger partial charge is 0.488 e. The number of carbonyl (C=O) groups is 1. The molecule has 56 heavy (non-hydrogen) atoms. The SMILES string of the molecule is CCC[C@@H](c1coc2c(CO[Si](C)(C)C(C)(C)C)c(OCc3ccccc3)c(CC(C)C)cc12)[C@@H](O)C[C@@H](O[Si](C)(C)C(C)(C)C)[C@]1(C(=O)OCC)O[C@@H]1CC. The molecular weight excluding hydrogens is 737 g/mol. The van der Waals surface area contributed by atoms with Crippen molar-refractivity contribution in [2.75, 3.05) is 6.61 Å². The van der Waals surface area contributed by atoms with Crippen molar-refractivity contribution < 1.29 is 37.4 Å². The van der Waals surface area contributed by atoms with E-state index in [0.29, 0.717) is 32.0 Å². The molecule has 0 spiro atoms. The minimum atomic E-state index is -2.43. The predicted octanol–water partition coefficient (Wildman–Crippen LogP) is 11.9. The summed E-state index contributed by atoms with van der Waals surface area (Å²) in [6.07, 6.45) is 3.19. The summed E-state index contributed by atoms with van der Waals surface area (Å²) in [6, 6.07) is 12.5. The van der Waals surface area contributed by atoms with Crippen LogP contribution in [0.1, 0.15) is 130 Å². The maximum Gasteiger partial charge on any atom is 0.343 e. The molecule has 1 aliphatic heterocycles. The number of hydrogen-bond acceptors (Lipinski definition) is 8. The lowest BCUT2D eigenvalue weighted by Crippen LogP contribution is -2.53. The molecule has 8 nitrogen and oxygen atoms in total. The Hall–Kier alpha value is -2.48. The fourth-order valence-electron chi connectivity index (χ4n) is 7.21. The normalized spacial score (nSPS) is 19.6. The highest BCUT2D eigenvalue weighted by atomic mass is 28.4. The number of carbonyl (C=O) groups excluding carboxylic acids is 1. The monoisotopic (exact) mass is 810 g/mol. The van der Waals surface area contributed by atoms with Crippen LogP contribution in [-0.4, -0.2) is 58.2 Å². The quantitative estimate of drug-likeness (QED) is 0.0684. The number of fused-ring (bicyclic) bond motifs is 1. The average molecular weight is 811 g/mol. The number of aliphatic hydroxyl groups excluding tert-OH is 1. The molecule has 10 heteroatoms. The maximum absolute atomic E-state index is 13.8. The standard InChI is InChI=1S/C46H74O8Si2/c1-16-22-34(38(47)27-40(54-56(14,15)45(9,10)11)46(39(17-2)53-46)43(48)49-18-3)36-29-51-42-35(36)26-33(25-31(4)5)41(50-28-32-23-20-19-21-24-32)37(42)30-52-55(12,13)44(6,7)8/h19-21,23-24,26,29,31,34,38-40,47H,16-18,22,25,27-28,30H2,1-15H3/t34-,38-,39+,40+,46+/m0/s1. The van der Waals surface area contributed by atoms with Gasteiger partial charge in [-0.1, -0.05) is 106 Å². The van der Waals surface area contributed by atoms with Gasteiger partial charge in [-0.05, 0) is 85.6 Å². The first kappa shape index (κ1) is 46.2. The summed E-state index contributed by atoms with van der Waals surface area (Å²) in [5, 5.41) is 13.4. The first-order chi connectivity index (χ1) is 26.0. The van der Waals surface area contributed by atoms with E-state index in [0.717, 1.165) is 51.8 Å². The minimum absolute atomic E-state index is 0.0172. The second kappa shape index (κ2) is 18.2. The Morgan fingerprint density at radius 2 is 1.59 bits per heavy atom. The number of ether oxygens (including phenoxy) is 3. The molecule has 5 atom stereocenters. The Balaban J connectivity index is 1.86. The Labute approximate surface area is 340 Å². The van der Waals surface area contributed by atoms with Gasteiger partial charge in [0.05, 0.1) is 37.2 Å². The third-order valence-electron chi connectivity index (χ3n) is 12.6. The molecule has 0 unspecified atom stereocenters. The van der Waals surface area contributed by atoms with Gasteiger partial charge in [-0.2, -0.15) is 0 Å². The lowest BCUT2D eigenvalue weighted by molar-refractivity contribution is -0.154. The molecule has 1 aliphatic rings. The van der Waals surface area contributed by atoms with Gasteiger partial charge in [0.15, 0.2) is 16.6 Å². The molecule has 1 N–H and O–H groups in total. The molecule has 0 saturated carbocycles. The maximum atomic E-state index is 13.8. The summed E-state index contributed by atoms with van der Waals surface area (Å²) in [5.41, 5.74) is 3.53. The van der Waals surface area contributed by atoms with Crippen LogP contribution in [-0.2, 0) is 42.8 Å². The van der Waals surface area contributed by atoms with Crippen LogP contribution in [0.3, 0.4) is 0 Å². The summed E-state index contributed by atoms with van der Waals surface area (Å²) < 4.78 is 39.3. The molecule has 0 amide bonds. The van der Waals surface area contributed by atoms with Crippen LogP contribution in [0, 0.1) is 5.92 Å². The molecule has 0 aliphatic carbocycles. The zero-order valence-electron chi connectivity index (χ0n) is 37.4. The third kappa shape index (κ3) is 10.2. The van der Waals surface area contributed by atoms with Gasteiger partial charge in [0.2, 0.25) is 5.60 Å². The molecular formula is C46H74O8Si2. The van der Waals surface area contributed by atoms with Gasteiger partial charge in [0, 0.05) is 23.3 Å². The van der Waals surface area contributed by atoms with Gasteiger partial charge in [0.1, 0.15) is 24.0 Å². The highest BCUT2D eigenvalue weighted by Crippen LogP contribution is 2.50. The van der Waals surface area contributed by atoms with Crippen LogP contribution in [0.15, 0.2) is 47.1 Å². The van der Waals surface area contributed by atoms with E-state index >= 15 is 0 Å². The van der Waals surface area contributed by atoms with Crippen molar-refractivity contribution in [2.24, 2.45) is 5.92 Å². The molecule has 1 fully saturated rings. The Kier molecular flexibility index (Phi) is 15.0. The van der Waals surface area contributed by atoms with Crippen molar-refractivity contribution in [3.8, 4) is 5.75 Å². The zero-order valence-corrected chi connectivity index (χ0v) is 39.4. The van der Waals surface area contributed by atoms with Crippen molar-refractivity contribution in [1.29, 1.82) is 0 Å². The topological polar surface area (TPSA) is 99.9 Å². The molecule has 2 aromatic carbocycles. The van der Waals surface area contributed by atoms with Crippen molar-refractivity contribution in [3.05, 3.63) is 64.9 Å². The van der Waals surface area contributed by atoms with Gasteiger partial charge >= 0.3 is 5.97 Å². The van der Waals surface area contributed by atoms with E-state index in [-0.39, 0.29) is 35.1 Å². The number of hydrogen-bond donors (Lipinski definition) is 1. The lowest BCUT2D eigenvalue weighted by Gasteiger charge is -2.41. The van der Waals surface area contributed by atoms with E-state index in [1.165, 1.54) is 0 Å². The first-order valence-electron chi connectivity index (χ1n) is 21.1. The number of epoxide rings is 1. The first-order valence-corrected chi connectivity index (χ1v) is 26.9. The van der Waals surface area contributed by atoms with Crippen LogP contribution in [0.2, 0.25) is 36.3 Å². The van der Waals surface area contributed by atoms with Gasteiger partial charge in [-0.3, -0.25) is 0 Å². The smallest absolute Gasteiger partial charge is 0.343 e. The fraction of sp³-hybridized carbons (Fsp3) is 0.674.